The number of thioether (sulfide) groups is 1. The largest absolute Gasteiger partial charge is 0.311 e. The van der Waals surface area contributed by atoms with E-state index in [1.54, 1.807) is 28.4 Å². The molecule has 0 spiro atoms. The van der Waals surface area contributed by atoms with Crippen molar-refractivity contribution >= 4 is 54.9 Å². The predicted octanol–water partition coefficient (Wildman–Crippen LogP) is 2.02. The number of hydrogen-bond donors (Lipinski definition) is 1. The van der Waals surface area contributed by atoms with Crippen LogP contribution in [0.15, 0.2) is 45.9 Å². The Bertz CT molecular complexity index is 1110. The first-order valence-corrected chi connectivity index (χ1v) is 11.1. The van der Waals surface area contributed by atoms with E-state index in [0.717, 1.165) is 26.5 Å². The fourth-order valence-electron chi connectivity index (χ4n) is 2.89. The number of aromatic nitrogens is 2. The number of benzene rings is 1. The van der Waals surface area contributed by atoms with Gasteiger partial charge in [0.15, 0.2) is 0 Å². The van der Waals surface area contributed by atoms with Crippen LogP contribution in [0.3, 0.4) is 0 Å². The van der Waals surface area contributed by atoms with Crippen LogP contribution < -0.4 is 10.0 Å². The maximum Gasteiger partial charge on any atom is 0.238 e. The SMILES string of the molecule is NS(=O)(=O)c1ccc2c(c1)CCN2C(=O)CSc1ncnc2ccsc12. The molecule has 0 unspecified atom stereocenters. The first-order valence-electron chi connectivity index (χ1n) is 7.70. The van der Waals surface area contributed by atoms with Gasteiger partial charge in [0.25, 0.3) is 0 Å². The number of nitrogens with zero attached hydrogens (tertiary/aromatic N) is 3. The number of sulfonamides is 1. The molecule has 7 nitrogen and oxygen atoms in total. The van der Waals surface area contributed by atoms with Gasteiger partial charge in [-0.05, 0) is 41.6 Å². The van der Waals surface area contributed by atoms with Gasteiger partial charge in [-0.25, -0.2) is 23.5 Å². The lowest BCUT2D eigenvalue weighted by Crippen LogP contribution is -2.30. The summed E-state index contributed by atoms with van der Waals surface area (Å²) < 4.78 is 23.9. The molecule has 4 rings (SSSR count). The molecular formula is C16H14N4O3S3. The average Bonchev–Trinajstić information content (AvgIpc) is 3.25. The molecule has 1 amide bonds. The summed E-state index contributed by atoms with van der Waals surface area (Å²) in [7, 11) is -3.74. The summed E-state index contributed by atoms with van der Waals surface area (Å²) >= 11 is 2.93. The minimum absolute atomic E-state index is 0.0413. The van der Waals surface area contributed by atoms with Gasteiger partial charge in [-0.1, -0.05) is 11.8 Å². The highest BCUT2D eigenvalue weighted by Crippen LogP contribution is 2.32. The van der Waals surface area contributed by atoms with Crippen LogP contribution in [0.1, 0.15) is 5.56 Å². The number of hydrogen-bond acceptors (Lipinski definition) is 7. The Morgan fingerprint density at radius 1 is 1.31 bits per heavy atom. The van der Waals surface area contributed by atoms with Gasteiger partial charge in [-0.15, -0.1) is 11.3 Å². The van der Waals surface area contributed by atoms with Crippen LogP contribution >= 0.6 is 23.1 Å². The van der Waals surface area contributed by atoms with E-state index in [1.807, 2.05) is 11.4 Å². The molecule has 2 N–H and O–H groups in total. The minimum Gasteiger partial charge on any atom is -0.311 e. The third-order valence-electron chi connectivity index (χ3n) is 4.12. The zero-order valence-corrected chi connectivity index (χ0v) is 15.9. The molecule has 1 aliphatic heterocycles. The Morgan fingerprint density at radius 2 is 2.15 bits per heavy atom. The number of carbonyl (C=O) groups excluding carboxylic acids is 1. The van der Waals surface area contributed by atoms with E-state index in [4.69, 9.17) is 5.14 Å². The summed E-state index contributed by atoms with van der Waals surface area (Å²) in [5.74, 6) is 0.209. The lowest BCUT2D eigenvalue weighted by molar-refractivity contribution is -0.116. The quantitative estimate of drug-likeness (QED) is 0.525. The number of primary sulfonamides is 1. The Kier molecular flexibility index (Phi) is 4.43. The highest BCUT2D eigenvalue weighted by molar-refractivity contribution is 8.00. The van der Waals surface area contributed by atoms with Crippen LogP contribution in [-0.2, 0) is 21.2 Å². The highest BCUT2D eigenvalue weighted by atomic mass is 32.2. The van der Waals surface area contributed by atoms with E-state index in [2.05, 4.69) is 9.97 Å². The molecule has 3 heterocycles. The van der Waals surface area contributed by atoms with Gasteiger partial charge in [0.05, 0.1) is 20.9 Å². The van der Waals surface area contributed by atoms with Crippen LogP contribution in [0.25, 0.3) is 10.2 Å². The van der Waals surface area contributed by atoms with Crippen LogP contribution in [0.4, 0.5) is 5.69 Å². The maximum absolute atomic E-state index is 12.7. The second kappa shape index (κ2) is 6.62. The third-order valence-corrected chi connectivity index (χ3v) is 7.04. The minimum atomic E-state index is -3.74. The van der Waals surface area contributed by atoms with Crippen molar-refractivity contribution in [3.05, 3.63) is 41.5 Å². The van der Waals surface area contributed by atoms with E-state index in [1.165, 1.54) is 24.2 Å². The molecule has 3 aromatic rings. The summed E-state index contributed by atoms with van der Waals surface area (Å²) in [6, 6.07) is 6.55. The van der Waals surface area contributed by atoms with E-state index >= 15 is 0 Å². The van der Waals surface area contributed by atoms with Crippen LogP contribution in [0.5, 0.6) is 0 Å². The summed E-state index contributed by atoms with van der Waals surface area (Å²) in [5, 5.41) is 7.91. The van der Waals surface area contributed by atoms with Gasteiger partial charge >= 0.3 is 0 Å². The number of anilines is 1. The molecule has 0 saturated carbocycles. The number of rotatable bonds is 4. The number of carbonyl (C=O) groups is 1. The Morgan fingerprint density at radius 3 is 2.96 bits per heavy atom. The maximum atomic E-state index is 12.7. The first-order chi connectivity index (χ1) is 12.4. The second-order valence-corrected chi connectivity index (χ2v) is 9.17. The molecule has 0 fully saturated rings. The van der Waals surface area contributed by atoms with Gasteiger partial charge in [0.2, 0.25) is 15.9 Å². The topological polar surface area (TPSA) is 106 Å². The van der Waals surface area contributed by atoms with Gasteiger partial charge in [-0.2, -0.15) is 0 Å². The fraction of sp³-hybridized carbons (Fsp3) is 0.188. The standard InChI is InChI=1S/C16H14N4O3S3/c17-26(22,23)11-1-2-13-10(7-11)3-5-20(13)14(21)8-25-16-15-12(4-6-24-15)18-9-19-16/h1-2,4,6-7,9H,3,5,8H2,(H2,17,22,23). The van der Waals surface area contributed by atoms with E-state index < -0.39 is 10.0 Å². The van der Waals surface area contributed by atoms with Crippen LogP contribution in [0, 0.1) is 0 Å². The van der Waals surface area contributed by atoms with Gasteiger partial charge < -0.3 is 4.90 Å². The van der Waals surface area contributed by atoms with Crippen molar-refractivity contribution in [1.82, 2.24) is 9.97 Å². The Balaban J connectivity index is 1.51. The summed E-state index contributed by atoms with van der Waals surface area (Å²) in [4.78, 5) is 22.9. The Hall–Kier alpha value is -2.01. The van der Waals surface area contributed by atoms with Gasteiger partial charge in [0.1, 0.15) is 11.4 Å². The molecule has 1 aromatic carbocycles. The third kappa shape index (κ3) is 3.20. The van der Waals surface area contributed by atoms with Crippen molar-refractivity contribution in [1.29, 1.82) is 0 Å². The molecule has 0 aliphatic carbocycles. The van der Waals surface area contributed by atoms with Crippen LogP contribution in [-0.4, -0.2) is 36.6 Å². The summed E-state index contributed by atoms with van der Waals surface area (Å²) in [5.41, 5.74) is 2.44. The molecule has 1 aliphatic rings. The van der Waals surface area contributed by atoms with Crippen molar-refractivity contribution in [3.8, 4) is 0 Å². The zero-order valence-electron chi connectivity index (χ0n) is 13.5. The number of fused-ring (bicyclic) bond motifs is 2. The van der Waals surface area contributed by atoms with Crippen molar-refractivity contribution in [2.75, 3.05) is 17.2 Å². The predicted molar refractivity (Wildman–Crippen MR) is 102 cm³/mol. The molecular weight excluding hydrogens is 392 g/mol. The van der Waals surface area contributed by atoms with Crippen molar-refractivity contribution in [2.45, 2.75) is 16.3 Å². The molecule has 134 valence electrons. The monoisotopic (exact) mass is 406 g/mol. The molecule has 0 atom stereocenters. The van der Waals surface area contributed by atoms with E-state index in [-0.39, 0.29) is 16.6 Å². The molecule has 0 radical (unpaired) electrons. The smallest absolute Gasteiger partial charge is 0.238 e. The molecule has 0 bridgehead atoms. The summed E-state index contributed by atoms with van der Waals surface area (Å²) in [6.07, 6.45) is 2.11. The average molecular weight is 407 g/mol. The zero-order chi connectivity index (χ0) is 18.3. The fourth-order valence-corrected chi connectivity index (χ4v) is 5.28. The van der Waals surface area contributed by atoms with Gasteiger partial charge in [-0.3, -0.25) is 4.79 Å². The van der Waals surface area contributed by atoms with E-state index in [9.17, 15) is 13.2 Å². The van der Waals surface area contributed by atoms with Crippen molar-refractivity contribution in [2.24, 2.45) is 5.14 Å². The first kappa shape index (κ1) is 17.4. The summed E-state index contributed by atoms with van der Waals surface area (Å²) in [6.45, 7) is 0.529. The lowest BCUT2D eigenvalue weighted by atomic mass is 10.2. The number of thiophene rings is 1. The second-order valence-electron chi connectivity index (χ2n) is 5.73. The molecule has 0 saturated heterocycles. The van der Waals surface area contributed by atoms with Crippen LogP contribution in [0.2, 0.25) is 0 Å². The number of nitrogens with two attached hydrogens (primary N) is 1. The Labute approximate surface area is 158 Å². The molecule has 10 heteroatoms. The van der Waals surface area contributed by atoms with E-state index in [0.29, 0.717) is 13.0 Å². The number of amides is 1. The van der Waals surface area contributed by atoms with Crippen molar-refractivity contribution in [3.63, 3.8) is 0 Å². The van der Waals surface area contributed by atoms with Gasteiger partial charge in [0, 0.05) is 12.2 Å². The normalized spacial score (nSPS) is 14.0. The molecule has 2 aromatic heterocycles. The highest BCUT2D eigenvalue weighted by Gasteiger charge is 2.26. The van der Waals surface area contributed by atoms with Crippen molar-refractivity contribution < 1.29 is 13.2 Å². The lowest BCUT2D eigenvalue weighted by Gasteiger charge is -2.17. The molecule has 26 heavy (non-hydrogen) atoms.